The first-order valence-corrected chi connectivity index (χ1v) is 15.7. The fourth-order valence-electron chi connectivity index (χ4n) is 5.13. The molecule has 3 aromatic rings. The van der Waals surface area contributed by atoms with Crippen molar-refractivity contribution >= 4 is 29.0 Å². The topological polar surface area (TPSA) is 0 Å². The van der Waals surface area contributed by atoms with E-state index in [0.29, 0.717) is 0 Å². The van der Waals surface area contributed by atoms with Crippen LogP contribution in [-0.4, -0.2) is 4.21 Å². The van der Waals surface area contributed by atoms with Crippen LogP contribution in [0.5, 0.6) is 0 Å². The van der Waals surface area contributed by atoms with Crippen LogP contribution >= 0.6 is 24.8 Å². The number of rotatable bonds is 1. The van der Waals surface area contributed by atoms with E-state index in [0.717, 1.165) is 12.8 Å². The first kappa shape index (κ1) is 39.3. The van der Waals surface area contributed by atoms with Gasteiger partial charge in [-0.15, -0.1) is 60.1 Å². The molecule has 3 aromatic carbocycles. The molecule has 0 unspecified atom stereocenters. The average Bonchev–Trinajstić information content (AvgIpc) is 3.55. The zero-order valence-corrected chi connectivity index (χ0v) is 30.9. The number of hydrogen-bond donors (Lipinski definition) is 0. The zero-order chi connectivity index (χ0) is 29.4. The third-order valence-electron chi connectivity index (χ3n) is 7.02. The van der Waals surface area contributed by atoms with Crippen LogP contribution in [0.2, 0.25) is 0 Å². The molecule has 5 rings (SSSR count). The predicted octanol–water partition coefficient (Wildman–Crippen LogP) is 11.0. The molecule has 0 saturated carbocycles. The van der Waals surface area contributed by atoms with E-state index >= 15 is 0 Å². The average molecular weight is 668 g/mol. The molecular weight excluding hydrogens is 619 g/mol. The molecule has 0 bridgehead atoms. The van der Waals surface area contributed by atoms with Crippen LogP contribution in [0, 0.1) is 31.9 Å². The standard InChI is InChI=1S/C23H29.C9H11.C5H5.CH2.2ClH.Zr/c1-14-9-16-11-17-10-15(2)21(23(6,7)8)13-19(17)18(16)12-20(14)22(3,4)5;1-8(2)9-6-4-3-5-7-9;1-2-4-5-3-1;;;;/h9,12-13H,11H2,1-8H3;3-7H,1-2H3;1-3H,4H2;1H2;2*1H;/q3*-1;;;;. The monoisotopic (exact) mass is 665 g/mol. The SMILES string of the molecule is C[C-](C)c1ccccc1.Cc1[c-]c2c(cc1C(C)(C)C)-c1cc(C(C)(C)C)c(C)cc1C2.Cl.Cl.[C-]1=CC=CC1.[CH2]=[Zr]. The van der Waals surface area contributed by atoms with Crippen molar-refractivity contribution in [2.75, 3.05) is 0 Å². The maximum atomic E-state index is 3.69. The van der Waals surface area contributed by atoms with Gasteiger partial charge in [0.1, 0.15) is 0 Å². The van der Waals surface area contributed by atoms with E-state index in [2.05, 4.69) is 134 Å². The number of benzene rings is 3. The Labute approximate surface area is 279 Å². The van der Waals surface area contributed by atoms with Gasteiger partial charge in [-0.1, -0.05) is 91.5 Å². The second-order valence-electron chi connectivity index (χ2n) is 12.6. The van der Waals surface area contributed by atoms with E-state index in [4.69, 9.17) is 0 Å². The number of hydrogen-bond acceptors (Lipinski definition) is 0. The summed E-state index contributed by atoms with van der Waals surface area (Å²) in [5.41, 5.74) is 12.9. The summed E-state index contributed by atoms with van der Waals surface area (Å²) in [6, 6.07) is 21.3. The van der Waals surface area contributed by atoms with Gasteiger partial charge in [0.05, 0.1) is 0 Å². The van der Waals surface area contributed by atoms with Gasteiger partial charge in [-0.3, -0.25) is 6.08 Å². The Bertz CT molecular complexity index is 1210. The summed E-state index contributed by atoms with van der Waals surface area (Å²) in [5.74, 6) is 1.37. The molecule has 0 saturated heterocycles. The molecule has 41 heavy (non-hydrogen) atoms. The molecule has 0 atom stereocenters. The fourth-order valence-corrected chi connectivity index (χ4v) is 5.13. The summed E-state index contributed by atoms with van der Waals surface area (Å²) in [6.45, 7) is 22.5. The van der Waals surface area contributed by atoms with Gasteiger partial charge in [-0.05, 0) is 35.4 Å². The van der Waals surface area contributed by atoms with E-state index in [1.54, 1.807) is 0 Å². The Morgan fingerprint density at radius 2 is 1.37 bits per heavy atom. The minimum atomic E-state index is 0. The van der Waals surface area contributed by atoms with Crippen molar-refractivity contribution in [1.82, 2.24) is 0 Å². The molecule has 3 heteroatoms. The summed E-state index contributed by atoms with van der Waals surface area (Å²) in [4.78, 5) is 0. The van der Waals surface area contributed by atoms with Gasteiger partial charge in [-0.2, -0.15) is 47.4 Å². The van der Waals surface area contributed by atoms with Crippen LogP contribution in [0.15, 0.2) is 66.8 Å². The van der Waals surface area contributed by atoms with Crippen LogP contribution in [0.1, 0.15) is 101 Å². The van der Waals surface area contributed by atoms with Crippen molar-refractivity contribution in [2.45, 2.75) is 92.9 Å². The van der Waals surface area contributed by atoms with Crippen LogP contribution in [0.3, 0.4) is 0 Å². The summed E-state index contributed by atoms with van der Waals surface area (Å²) in [7, 11) is 0. The van der Waals surface area contributed by atoms with Gasteiger partial charge >= 0.3 is 28.4 Å². The molecule has 0 nitrogen and oxygen atoms in total. The van der Waals surface area contributed by atoms with E-state index in [1.165, 1.54) is 80.2 Å². The van der Waals surface area contributed by atoms with E-state index in [9.17, 15) is 0 Å². The molecule has 0 aliphatic heterocycles. The van der Waals surface area contributed by atoms with Gasteiger partial charge in [0.25, 0.3) is 0 Å². The Morgan fingerprint density at radius 1 is 0.805 bits per heavy atom. The summed E-state index contributed by atoms with van der Waals surface area (Å²) in [6.07, 6.45) is 11.0. The van der Waals surface area contributed by atoms with E-state index in [1.807, 2.05) is 18.2 Å². The quantitative estimate of drug-likeness (QED) is 0.177. The Hall–Kier alpha value is -1.66. The predicted molar refractivity (Wildman–Crippen MR) is 184 cm³/mol. The first-order chi connectivity index (χ1) is 18.3. The number of aryl methyl sites for hydroxylation is 2. The zero-order valence-electron chi connectivity index (χ0n) is 26.8. The third kappa shape index (κ3) is 11.2. The van der Waals surface area contributed by atoms with Crippen molar-refractivity contribution in [1.29, 1.82) is 0 Å². The fraction of sp³-hybridized carbons (Fsp3) is 0.368. The Balaban J connectivity index is 0.000000734. The minimum absolute atomic E-state index is 0. The first-order valence-electron chi connectivity index (χ1n) is 13.9. The van der Waals surface area contributed by atoms with Crippen LogP contribution in [0.25, 0.3) is 11.1 Å². The van der Waals surface area contributed by atoms with Crippen molar-refractivity contribution in [3.8, 4) is 11.1 Å². The molecule has 0 fully saturated rings. The second-order valence-corrected chi connectivity index (χ2v) is 12.6. The summed E-state index contributed by atoms with van der Waals surface area (Å²) >= 11 is 1.30. The molecule has 0 spiro atoms. The number of allylic oxidation sites excluding steroid dienone is 4. The van der Waals surface area contributed by atoms with Crippen LogP contribution in [0.4, 0.5) is 0 Å². The van der Waals surface area contributed by atoms with Gasteiger partial charge < -0.3 is 0 Å². The normalized spacial score (nSPS) is 12.0. The van der Waals surface area contributed by atoms with Gasteiger partial charge in [-0.25, -0.2) is 12.2 Å². The molecule has 0 aromatic heterocycles. The molecule has 2 aliphatic rings. The third-order valence-corrected chi connectivity index (χ3v) is 7.02. The van der Waals surface area contributed by atoms with Crippen LogP contribution < -0.4 is 0 Å². The van der Waals surface area contributed by atoms with Gasteiger partial charge in [0.2, 0.25) is 0 Å². The van der Waals surface area contributed by atoms with Crippen LogP contribution in [-0.2, 0) is 41.5 Å². The number of halogens is 2. The van der Waals surface area contributed by atoms with Gasteiger partial charge in [0, 0.05) is 0 Å². The van der Waals surface area contributed by atoms with Crippen molar-refractivity contribution in [2.24, 2.45) is 0 Å². The maximum absolute atomic E-state index is 3.69. The molecule has 2 aliphatic carbocycles. The Morgan fingerprint density at radius 3 is 1.78 bits per heavy atom. The van der Waals surface area contributed by atoms with E-state index < -0.39 is 0 Å². The molecule has 0 heterocycles. The summed E-state index contributed by atoms with van der Waals surface area (Å²) in [5, 5.41) is 0. The Kier molecular flexibility index (Phi) is 16.8. The van der Waals surface area contributed by atoms with Crippen molar-refractivity contribution in [3.63, 3.8) is 0 Å². The molecule has 0 radical (unpaired) electrons. The summed E-state index contributed by atoms with van der Waals surface area (Å²) < 4.78 is 3.34. The van der Waals surface area contributed by atoms with Crippen molar-refractivity contribution < 1.29 is 24.2 Å². The van der Waals surface area contributed by atoms with Gasteiger partial charge in [0.15, 0.2) is 0 Å². The van der Waals surface area contributed by atoms with E-state index in [-0.39, 0.29) is 35.6 Å². The number of fused-ring (bicyclic) bond motifs is 3. The second kappa shape index (κ2) is 17.5. The molecule has 0 amide bonds. The molecule has 0 N–H and O–H groups in total. The molecular formula is C38H49Cl2Zr-3. The van der Waals surface area contributed by atoms with Crippen molar-refractivity contribution in [3.05, 3.63) is 124 Å². The molecule has 222 valence electrons.